The topological polar surface area (TPSA) is 76.5 Å². The number of cyclic esters (lactones) is 1. The highest BCUT2D eigenvalue weighted by Gasteiger charge is 2.24. The molecule has 7 heteroatoms. The molecular formula is C17H20N4O3. The molecule has 24 heavy (non-hydrogen) atoms. The summed E-state index contributed by atoms with van der Waals surface area (Å²) in [4.78, 5) is 29.5. The van der Waals surface area contributed by atoms with Gasteiger partial charge in [0.15, 0.2) is 0 Å². The Labute approximate surface area is 140 Å². The van der Waals surface area contributed by atoms with Crippen molar-refractivity contribution in [3.8, 4) is 5.69 Å². The standard InChI is InChI=1S/C17H20N4O3/c1-20-10-8-14(24-17(20)23)7-9-19-16(22)15-11-18-12-21(15)13-5-3-2-4-6-13/h2-6,11-12,14H,7-10H2,1H3,(H,19,22). The molecule has 2 heterocycles. The van der Waals surface area contributed by atoms with Gasteiger partial charge in [-0.3, -0.25) is 9.36 Å². The fraction of sp³-hybridized carbons (Fsp3) is 0.353. The minimum absolute atomic E-state index is 0.145. The Morgan fingerprint density at radius 2 is 2.17 bits per heavy atom. The lowest BCUT2D eigenvalue weighted by atomic mass is 10.1. The summed E-state index contributed by atoms with van der Waals surface area (Å²) < 4.78 is 7.02. The van der Waals surface area contributed by atoms with Gasteiger partial charge in [-0.05, 0) is 12.1 Å². The number of hydrogen-bond donors (Lipinski definition) is 1. The van der Waals surface area contributed by atoms with E-state index in [1.165, 1.54) is 6.20 Å². The van der Waals surface area contributed by atoms with E-state index in [4.69, 9.17) is 4.74 Å². The second kappa shape index (κ2) is 7.16. The molecule has 2 amide bonds. The number of benzene rings is 1. The maximum Gasteiger partial charge on any atom is 0.409 e. The van der Waals surface area contributed by atoms with Gasteiger partial charge >= 0.3 is 6.09 Å². The first-order valence-corrected chi connectivity index (χ1v) is 7.93. The van der Waals surface area contributed by atoms with Crippen molar-refractivity contribution in [3.05, 3.63) is 48.5 Å². The van der Waals surface area contributed by atoms with Gasteiger partial charge in [-0.2, -0.15) is 0 Å². The van der Waals surface area contributed by atoms with E-state index < -0.39 is 0 Å². The zero-order chi connectivity index (χ0) is 16.9. The van der Waals surface area contributed by atoms with Gasteiger partial charge in [0.2, 0.25) is 0 Å². The van der Waals surface area contributed by atoms with Crippen molar-refractivity contribution in [1.82, 2.24) is 19.8 Å². The van der Waals surface area contributed by atoms with Crippen molar-refractivity contribution < 1.29 is 14.3 Å². The summed E-state index contributed by atoms with van der Waals surface area (Å²) in [5.41, 5.74) is 1.35. The first-order chi connectivity index (χ1) is 11.6. The largest absolute Gasteiger partial charge is 0.446 e. The van der Waals surface area contributed by atoms with Crippen LogP contribution in [0.1, 0.15) is 23.3 Å². The SMILES string of the molecule is CN1CCC(CCNC(=O)c2cncn2-c2ccccc2)OC1=O. The van der Waals surface area contributed by atoms with Crippen LogP contribution in [0.4, 0.5) is 4.79 Å². The van der Waals surface area contributed by atoms with E-state index in [-0.39, 0.29) is 18.1 Å². The fourth-order valence-corrected chi connectivity index (χ4v) is 2.62. The van der Waals surface area contributed by atoms with Gasteiger partial charge in [0.05, 0.1) is 12.5 Å². The molecule has 3 rings (SSSR count). The van der Waals surface area contributed by atoms with Gasteiger partial charge in [-0.15, -0.1) is 0 Å². The number of carbonyl (C=O) groups is 2. The Morgan fingerprint density at radius 3 is 2.92 bits per heavy atom. The molecule has 0 radical (unpaired) electrons. The molecule has 1 aromatic carbocycles. The van der Waals surface area contributed by atoms with Crippen molar-refractivity contribution in [2.24, 2.45) is 0 Å². The normalized spacial score (nSPS) is 17.5. The number of amides is 2. The highest BCUT2D eigenvalue weighted by atomic mass is 16.6. The van der Waals surface area contributed by atoms with E-state index in [0.29, 0.717) is 25.2 Å². The summed E-state index contributed by atoms with van der Waals surface area (Å²) in [5, 5.41) is 2.86. The van der Waals surface area contributed by atoms with Crippen LogP contribution in [-0.2, 0) is 4.74 Å². The summed E-state index contributed by atoms with van der Waals surface area (Å²) >= 11 is 0. The number of ether oxygens (including phenoxy) is 1. The van der Waals surface area contributed by atoms with Gasteiger partial charge in [0, 0.05) is 38.7 Å². The van der Waals surface area contributed by atoms with E-state index in [2.05, 4.69) is 10.3 Å². The molecule has 1 atom stereocenters. The molecule has 1 N–H and O–H groups in total. The van der Waals surface area contributed by atoms with E-state index in [1.54, 1.807) is 22.8 Å². The average molecular weight is 328 g/mol. The van der Waals surface area contributed by atoms with Crippen molar-refractivity contribution in [2.75, 3.05) is 20.1 Å². The van der Waals surface area contributed by atoms with Gasteiger partial charge < -0.3 is 15.0 Å². The Kier molecular flexibility index (Phi) is 4.79. The van der Waals surface area contributed by atoms with Crippen molar-refractivity contribution >= 4 is 12.0 Å². The molecule has 1 unspecified atom stereocenters. The maximum absolute atomic E-state index is 12.4. The van der Waals surface area contributed by atoms with Gasteiger partial charge in [0.25, 0.3) is 5.91 Å². The number of nitrogens with one attached hydrogen (secondary N) is 1. The molecule has 2 aromatic rings. The third-order valence-corrected chi connectivity index (χ3v) is 4.02. The summed E-state index contributed by atoms with van der Waals surface area (Å²) in [6.07, 6.45) is 4.08. The lowest BCUT2D eigenvalue weighted by Crippen LogP contribution is -2.40. The van der Waals surface area contributed by atoms with Crippen LogP contribution < -0.4 is 5.32 Å². The smallest absolute Gasteiger partial charge is 0.409 e. The molecule has 1 aromatic heterocycles. The highest BCUT2D eigenvalue weighted by molar-refractivity contribution is 5.92. The number of hydrogen-bond acceptors (Lipinski definition) is 4. The Bertz CT molecular complexity index is 714. The summed E-state index contributed by atoms with van der Waals surface area (Å²) in [7, 11) is 1.71. The molecule has 1 aliphatic heterocycles. The van der Waals surface area contributed by atoms with Gasteiger partial charge in [-0.1, -0.05) is 18.2 Å². The number of imidazole rings is 1. The monoisotopic (exact) mass is 328 g/mol. The summed E-state index contributed by atoms with van der Waals surface area (Å²) in [5.74, 6) is -0.199. The second-order valence-electron chi connectivity index (χ2n) is 5.75. The van der Waals surface area contributed by atoms with Crippen LogP contribution in [0.5, 0.6) is 0 Å². The third kappa shape index (κ3) is 3.56. The molecule has 1 aliphatic rings. The first-order valence-electron chi connectivity index (χ1n) is 7.93. The number of nitrogens with zero attached hydrogens (tertiary/aromatic N) is 3. The number of rotatable bonds is 5. The predicted molar refractivity (Wildman–Crippen MR) is 88.0 cm³/mol. The number of carbonyl (C=O) groups excluding carboxylic acids is 2. The lowest BCUT2D eigenvalue weighted by molar-refractivity contribution is 0.0296. The van der Waals surface area contributed by atoms with Gasteiger partial charge in [0.1, 0.15) is 11.8 Å². The molecule has 0 bridgehead atoms. The van der Waals surface area contributed by atoms with E-state index in [0.717, 1.165) is 12.1 Å². The minimum atomic E-state index is -0.306. The quantitative estimate of drug-likeness (QED) is 0.908. The number of aromatic nitrogens is 2. The van der Waals surface area contributed by atoms with E-state index in [1.807, 2.05) is 30.3 Å². The van der Waals surface area contributed by atoms with Crippen LogP contribution in [0.15, 0.2) is 42.9 Å². The van der Waals surface area contributed by atoms with Crippen LogP contribution in [0.2, 0.25) is 0 Å². The van der Waals surface area contributed by atoms with E-state index in [9.17, 15) is 9.59 Å². The van der Waals surface area contributed by atoms with Crippen LogP contribution in [-0.4, -0.2) is 52.7 Å². The molecule has 126 valence electrons. The first kappa shape index (κ1) is 16.0. The summed E-state index contributed by atoms with van der Waals surface area (Å²) in [6.45, 7) is 1.12. The number of para-hydroxylation sites is 1. The Hall–Kier alpha value is -2.83. The van der Waals surface area contributed by atoms with Crippen molar-refractivity contribution in [1.29, 1.82) is 0 Å². The van der Waals surface area contributed by atoms with Crippen LogP contribution in [0.25, 0.3) is 5.69 Å². The second-order valence-corrected chi connectivity index (χ2v) is 5.75. The molecule has 7 nitrogen and oxygen atoms in total. The maximum atomic E-state index is 12.4. The van der Waals surface area contributed by atoms with Gasteiger partial charge in [-0.25, -0.2) is 9.78 Å². The van der Waals surface area contributed by atoms with Crippen LogP contribution >= 0.6 is 0 Å². The van der Waals surface area contributed by atoms with Crippen molar-refractivity contribution in [3.63, 3.8) is 0 Å². The zero-order valence-corrected chi connectivity index (χ0v) is 13.5. The Balaban J connectivity index is 1.55. The zero-order valence-electron chi connectivity index (χ0n) is 13.5. The lowest BCUT2D eigenvalue weighted by Gasteiger charge is -2.29. The fourth-order valence-electron chi connectivity index (χ4n) is 2.62. The molecule has 1 fully saturated rings. The van der Waals surface area contributed by atoms with E-state index >= 15 is 0 Å². The molecule has 0 spiro atoms. The minimum Gasteiger partial charge on any atom is -0.446 e. The molecule has 0 aliphatic carbocycles. The van der Waals surface area contributed by atoms with Crippen LogP contribution in [0, 0.1) is 0 Å². The molecule has 1 saturated heterocycles. The summed E-state index contributed by atoms with van der Waals surface area (Å²) in [6, 6.07) is 9.56. The highest BCUT2D eigenvalue weighted by Crippen LogP contribution is 2.13. The third-order valence-electron chi connectivity index (χ3n) is 4.02. The molecular weight excluding hydrogens is 308 g/mol. The molecule has 0 saturated carbocycles. The predicted octanol–water partition coefficient (Wildman–Crippen LogP) is 1.83. The average Bonchev–Trinajstić information content (AvgIpc) is 3.08. The Morgan fingerprint density at radius 1 is 1.38 bits per heavy atom. The van der Waals surface area contributed by atoms with Crippen LogP contribution in [0.3, 0.4) is 0 Å². The van der Waals surface area contributed by atoms with Crippen molar-refractivity contribution in [2.45, 2.75) is 18.9 Å².